The Balaban J connectivity index is 2.32. The minimum absolute atomic E-state index is 0.0265. The van der Waals surface area contributed by atoms with Crippen molar-refractivity contribution in [2.24, 2.45) is 5.84 Å². The molecule has 0 spiro atoms. The average Bonchev–Trinajstić information content (AvgIpc) is 2.83. The van der Waals surface area contributed by atoms with Crippen LogP contribution in [-0.2, 0) is 0 Å². The van der Waals surface area contributed by atoms with Gasteiger partial charge in [-0.3, -0.25) is 20.8 Å². The summed E-state index contributed by atoms with van der Waals surface area (Å²) in [6.07, 6.45) is 3.90. The van der Waals surface area contributed by atoms with Crippen molar-refractivity contribution in [3.8, 4) is 0 Å². The number of nitrogen functional groups attached to an aromatic ring is 1. The lowest BCUT2D eigenvalue weighted by atomic mass is 9.99. The second-order valence-corrected chi connectivity index (χ2v) is 5.33. The number of carbonyl (C=O) groups is 1. The molecule has 0 radical (unpaired) electrons. The second-order valence-electron chi connectivity index (χ2n) is 5.33. The highest BCUT2D eigenvalue weighted by Crippen LogP contribution is 2.31. The third kappa shape index (κ3) is 2.72. The fraction of sp³-hybridized carbons (Fsp3) is 0.462. The van der Waals surface area contributed by atoms with Crippen LogP contribution >= 0.6 is 0 Å². The van der Waals surface area contributed by atoms with Gasteiger partial charge in [0.25, 0.3) is 5.91 Å². The number of anilines is 1. The highest BCUT2D eigenvalue weighted by atomic mass is 16.6. The summed E-state index contributed by atoms with van der Waals surface area (Å²) in [4.78, 5) is 22.9. The van der Waals surface area contributed by atoms with E-state index in [1.54, 1.807) is 6.07 Å². The number of amides is 1. The molecule has 0 aliphatic heterocycles. The topological polar surface area (TPSA) is 110 Å². The van der Waals surface area contributed by atoms with Crippen molar-refractivity contribution in [1.82, 2.24) is 5.32 Å². The SMILES string of the molecule is CC1(NC(=O)c2cccc(NN)c2[N+](=O)[O-])CCCC1. The molecule has 7 heteroatoms. The first kappa shape index (κ1) is 14.3. The van der Waals surface area contributed by atoms with Crippen molar-refractivity contribution in [3.05, 3.63) is 33.9 Å². The van der Waals surface area contributed by atoms with Crippen molar-refractivity contribution >= 4 is 17.3 Å². The molecule has 1 saturated carbocycles. The van der Waals surface area contributed by atoms with E-state index >= 15 is 0 Å². The van der Waals surface area contributed by atoms with Gasteiger partial charge >= 0.3 is 5.69 Å². The first-order valence-corrected chi connectivity index (χ1v) is 6.53. The molecule has 2 rings (SSSR count). The standard InChI is InChI=1S/C13H18N4O3/c1-13(7-2-3-8-13)15-12(18)9-5-4-6-10(16-14)11(9)17(19)20/h4-6,16H,2-3,7-8,14H2,1H3,(H,15,18). The third-order valence-electron chi connectivity index (χ3n) is 3.74. The number of para-hydroxylation sites is 1. The van der Waals surface area contributed by atoms with Crippen LogP contribution in [0.5, 0.6) is 0 Å². The number of hydrazine groups is 1. The Bertz CT molecular complexity index is 538. The number of nitrogens with zero attached hydrogens (tertiary/aromatic N) is 1. The molecule has 0 bridgehead atoms. The van der Waals surface area contributed by atoms with Crippen LogP contribution in [0.1, 0.15) is 43.0 Å². The van der Waals surface area contributed by atoms with Gasteiger partial charge in [-0.1, -0.05) is 18.9 Å². The van der Waals surface area contributed by atoms with Crippen LogP contribution in [0.25, 0.3) is 0 Å². The molecule has 20 heavy (non-hydrogen) atoms. The van der Waals surface area contributed by atoms with E-state index in [1.807, 2.05) is 6.92 Å². The summed E-state index contributed by atoms with van der Waals surface area (Å²) in [6, 6.07) is 4.47. The summed E-state index contributed by atoms with van der Waals surface area (Å²) in [6.45, 7) is 1.97. The average molecular weight is 278 g/mol. The summed E-state index contributed by atoms with van der Waals surface area (Å²) in [5, 5.41) is 14.1. The zero-order valence-electron chi connectivity index (χ0n) is 11.3. The van der Waals surface area contributed by atoms with E-state index in [9.17, 15) is 14.9 Å². The summed E-state index contributed by atoms with van der Waals surface area (Å²) < 4.78 is 0. The number of rotatable bonds is 4. The van der Waals surface area contributed by atoms with Gasteiger partial charge in [-0.05, 0) is 31.9 Å². The Morgan fingerprint density at radius 2 is 2.05 bits per heavy atom. The lowest BCUT2D eigenvalue weighted by Crippen LogP contribution is -2.43. The number of benzene rings is 1. The van der Waals surface area contributed by atoms with Gasteiger partial charge in [0, 0.05) is 5.54 Å². The Morgan fingerprint density at radius 1 is 1.40 bits per heavy atom. The summed E-state index contributed by atoms with van der Waals surface area (Å²) in [5.41, 5.74) is 1.83. The van der Waals surface area contributed by atoms with Gasteiger partial charge in [-0.15, -0.1) is 0 Å². The summed E-state index contributed by atoms with van der Waals surface area (Å²) >= 11 is 0. The van der Waals surface area contributed by atoms with Crippen LogP contribution in [-0.4, -0.2) is 16.4 Å². The molecule has 0 unspecified atom stereocenters. The number of hydrogen-bond donors (Lipinski definition) is 3. The van der Waals surface area contributed by atoms with E-state index in [0.717, 1.165) is 25.7 Å². The van der Waals surface area contributed by atoms with Crippen molar-refractivity contribution in [2.75, 3.05) is 5.43 Å². The monoisotopic (exact) mass is 278 g/mol. The quantitative estimate of drug-likeness (QED) is 0.443. The van der Waals surface area contributed by atoms with Gasteiger partial charge in [0.05, 0.1) is 4.92 Å². The molecule has 1 aromatic rings. The smallest absolute Gasteiger partial charge is 0.306 e. The van der Waals surface area contributed by atoms with Crippen molar-refractivity contribution < 1.29 is 9.72 Å². The van der Waals surface area contributed by atoms with E-state index in [1.165, 1.54) is 12.1 Å². The summed E-state index contributed by atoms with van der Waals surface area (Å²) in [5.74, 6) is 4.83. The number of hydrogen-bond acceptors (Lipinski definition) is 5. The molecule has 1 aliphatic rings. The number of nitro benzene ring substituents is 1. The molecule has 0 atom stereocenters. The van der Waals surface area contributed by atoms with Crippen molar-refractivity contribution in [1.29, 1.82) is 0 Å². The molecule has 0 saturated heterocycles. The zero-order chi connectivity index (χ0) is 14.8. The first-order valence-electron chi connectivity index (χ1n) is 6.53. The molecule has 4 N–H and O–H groups in total. The van der Waals surface area contributed by atoms with E-state index in [0.29, 0.717) is 0 Å². The number of nitro groups is 1. The summed E-state index contributed by atoms with van der Waals surface area (Å²) in [7, 11) is 0. The van der Waals surface area contributed by atoms with Gasteiger partial charge in [-0.25, -0.2) is 0 Å². The zero-order valence-corrected chi connectivity index (χ0v) is 11.3. The molecule has 1 aromatic carbocycles. The Kier molecular flexibility index (Phi) is 3.89. The molecule has 108 valence electrons. The van der Waals surface area contributed by atoms with E-state index < -0.39 is 10.8 Å². The van der Waals surface area contributed by atoms with Crippen LogP contribution in [0.3, 0.4) is 0 Å². The molecule has 1 fully saturated rings. The van der Waals surface area contributed by atoms with Crippen molar-refractivity contribution in [3.63, 3.8) is 0 Å². The van der Waals surface area contributed by atoms with Gasteiger partial charge in [0.2, 0.25) is 0 Å². The molecular weight excluding hydrogens is 260 g/mol. The molecule has 0 heterocycles. The number of nitrogens with two attached hydrogens (primary N) is 1. The highest BCUT2D eigenvalue weighted by molar-refractivity contribution is 6.00. The van der Waals surface area contributed by atoms with Gasteiger partial charge in [0.15, 0.2) is 0 Å². The predicted molar refractivity (Wildman–Crippen MR) is 75.2 cm³/mol. The van der Waals surface area contributed by atoms with E-state index in [2.05, 4.69) is 10.7 Å². The maximum absolute atomic E-state index is 12.3. The predicted octanol–water partition coefficient (Wildman–Crippen LogP) is 1.94. The van der Waals surface area contributed by atoms with Gasteiger partial charge < -0.3 is 10.7 Å². The molecule has 0 aromatic heterocycles. The molecular formula is C13H18N4O3. The highest BCUT2D eigenvalue weighted by Gasteiger charge is 2.33. The fourth-order valence-electron chi connectivity index (χ4n) is 2.66. The van der Waals surface area contributed by atoms with E-state index in [4.69, 9.17) is 5.84 Å². The van der Waals surface area contributed by atoms with Crippen LogP contribution in [0.4, 0.5) is 11.4 Å². The minimum Gasteiger partial charge on any atom is -0.347 e. The lowest BCUT2D eigenvalue weighted by molar-refractivity contribution is -0.384. The van der Waals surface area contributed by atoms with Crippen LogP contribution in [0.15, 0.2) is 18.2 Å². The van der Waals surface area contributed by atoms with Crippen LogP contribution in [0.2, 0.25) is 0 Å². The van der Waals surface area contributed by atoms with Crippen LogP contribution in [0, 0.1) is 10.1 Å². The Labute approximate surface area is 116 Å². The van der Waals surface area contributed by atoms with Crippen molar-refractivity contribution in [2.45, 2.75) is 38.1 Å². The molecule has 1 aliphatic carbocycles. The van der Waals surface area contributed by atoms with Gasteiger partial charge in [-0.2, -0.15) is 0 Å². The Hall–Kier alpha value is -2.15. The molecule has 1 amide bonds. The lowest BCUT2D eigenvalue weighted by Gasteiger charge is -2.25. The molecule has 7 nitrogen and oxygen atoms in total. The second kappa shape index (κ2) is 5.46. The van der Waals surface area contributed by atoms with Crippen LogP contribution < -0.4 is 16.6 Å². The minimum atomic E-state index is -0.596. The third-order valence-corrected chi connectivity index (χ3v) is 3.74. The van der Waals surface area contributed by atoms with E-state index in [-0.39, 0.29) is 22.5 Å². The Morgan fingerprint density at radius 3 is 2.60 bits per heavy atom. The van der Waals surface area contributed by atoms with Gasteiger partial charge in [0.1, 0.15) is 11.3 Å². The maximum Gasteiger partial charge on any atom is 0.306 e. The fourth-order valence-corrected chi connectivity index (χ4v) is 2.66. The number of nitrogens with one attached hydrogen (secondary N) is 2. The first-order chi connectivity index (χ1) is 9.47. The largest absolute Gasteiger partial charge is 0.347 e. The normalized spacial score (nSPS) is 16.7. The maximum atomic E-state index is 12.3. The number of carbonyl (C=O) groups excluding carboxylic acids is 1.